The molecule has 0 N–H and O–H groups in total. The highest BCUT2D eigenvalue weighted by molar-refractivity contribution is 7.80. The average Bonchev–Trinajstić information content (AvgIpc) is 3.30. The fourth-order valence-electron chi connectivity index (χ4n) is 4.43. The van der Waals surface area contributed by atoms with Crippen LogP contribution in [0.1, 0.15) is 22.3 Å². The maximum absolute atomic E-state index is 12.4. The van der Waals surface area contributed by atoms with Gasteiger partial charge in [-0.15, -0.1) is 18.3 Å². The number of rotatable bonds is 7. The molecule has 0 saturated carbocycles. The number of aromatic nitrogens is 3. The number of aliphatic imine (C=N–C) groups is 1. The third-order valence-electron chi connectivity index (χ3n) is 6.30. The molecule has 9 heteroatoms. The van der Waals surface area contributed by atoms with Crippen molar-refractivity contribution in [3.05, 3.63) is 95.1 Å². The molecule has 0 fully saturated rings. The molecule has 0 aliphatic rings. The summed E-state index contributed by atoms with van der Waals surface area (Å²) in [6.45, 7) is 4.67. The zero-order chi connectivity index (χ0) is 26.9. The Kier molecular flexibility index (Phi) is 6.94. The van der Waals surface area contributed by atoms with Crippen LogP contribution in [0.3, 0.4) is 0 Å². The van der Waals surface area contributed by atoms with E-state index >= 15 is 0 Å². The van der Waals surface area contributed by atoms with Crippen molar-refractivity contribution in [3.8, 4) is 11.4 Å². The fraction of sp³-hybridized carbons (Fsp3) is 0.172. The van der Waals surface area contributed by atoms with E-state index in [1.165, 1.54) is 41.0 Å². The predicted octanol–water partition coefficient (Wildman–Crippen LogP) is 7.12. The largest absolute Gasteiger partial charge is 0.573 e. The lowest BCUT2D eigenvalue weighted by Gasteiger charge is -2.09. The van der Waals surface area contributed by atoms with Gasteiger partial charge in [0.05, 0.1) is 17.7 Å². The van der Waals surface area contributed by atoms with Crippen molar-refractivity contribution >= 4 is 45.1 Å². The Morgan fingerprint density at radius 3 is 2.45 bits per heavy atom. The van der Waals surface area contributed by atoms with Crippen LogP contribution in [0.5, 0.6) is 5.75 Å². The molecular weight excluding hydrogens is 509 g/mol. The van der Waals surface area contributed by atoms with E-state index in [0.717, 1.165) is 33.1 Å². The molecule has 0 aliphatic heterocycles. The van der Waals surface area contributed by atoms with Crippen LogP contribution < -0.4 is 4.74 Å². The van der Waals surface area contributed by atoms with Crippen LogP contribution in [0, 0.1) is 13.8 Å². The van der Waals surface area contributed by atoms with Gasteiger partial charge in [0.2, 0.25) is 0 Å². The Balaban J connectivity index is 1.32. The minimum atomic E-state index is -4.74. The molecule has 1 heterocycles. The third kappa shape index (κ3) is 5.57. The van der Waals surface area contributed by atoms with E-state index in [2.05, 4.69) is 52.1 Å². The topological polar surface area (TPSA) is 52.3 Å². The Morgan fingerprint density at radius 2 is 1.74 bits per heavy atom. The van der Waals surface area contributed by atoms with E-state index in [9.17, 15) is 13.2 Å². The molecular formula is C29H23F3N4OS. The van der Waals surface area contributed by atoms with Gasteiger partial charge >= 0.3 is 6.36 Å². The normalized spacial score (nSPS) is 12.0. The number of halogens is 3. The minimum Gasteiger partial charge on any atom is -0.406 e. The van der Waals surface area contributed by atoms with Gasteiger partial charge in [-0.05, 0) is 77.9 Å². The Hall–Kier alpha value is -4.11. The van der Waals surface area contributed by atoms with E-state index < -0.39 is 6.36 Å². The van der Waals surface area contributed by atoms with Crippen LogP contribution in [0.4, 0.5) is 13.2 Å². The van der Waals surface area contributed by atoms with E-state index in [1.807, 2.05) is 36.5 Å². The number of fused-ring (bicyclic) bond motifs is 3. The molecule has 0 radical (unpaired) electrons. The zero-order valence-corrected chi connectivity index (χ0v) is 21.5. The number of hydrogen-bond acceptors (Lipinski definition) is 5. The smallest absolute Gasteiger partial charge is 0.406 e. The maximum atomic E-state index is 12.4. The van der Waals surface area contributed by atoms with Gasteiger partial charge in [0, 0.05) is 22.9 Å². The second kappa shape index (κ2) is 10.3. The lowest BCUT2D eigenvalue weighted by molar-refractivity contribution is -0.274. The van der Waals surface area contributed by atoms with Crippen molar-refractivity contribution in [3.63, 3.8) is 0 Å². The van der Waals surface area contributed by atoms with Crippen LogP contribution >= 0.6 is 12.2 Å². The second-order valence-corrected chi connectivity index (χ2v) is 9.59. The van der Waals surface area contributed by atoms with Crippen molar-refractivity contribution in [1.29, 1.82) is 0 Å². The lowest BCUT2D eigenvalue weighted by atomic mass is 9.99. The highest BCUT2D eigenvalue weighted by Crippen LogP contribution is 2.28. The summed E-state index contributed by atoms with van der Waals surface area (Å²) in [5.41, 5.74) is 6.68. The van der Waals surface area contributed by atoms with Crippen molar-refractivity contribution in [1.82, 2.24) is 15.0 Å². The highest BCUT2D eigenvalue weighted by atomic mass is 32.1. The average molecular weight is 533 g/mol. The summed E-state index contributed by atoms with van der Waals surface area (Å²) in [6, 6.07) is 21.5. The number of benzene rings is 4. The number of aryl methyl sites for hydroxylation is 2. The molecule has 4 aromatic carbocycles. The van der Waals surface area contributed by atoms with Crippen LogP contribution in [0.25, 0.3) is 27.5 Å². The quantitative estimate of drug-likeness (QED) is 0.165. The summed E-state index contributed by atoms with van der Waals surface area (Å²) < 4.78 is 42.9. The first-order valence-corrected chi connectivity index (χ1v) is 12.3. The Morgan fingerprint density at radius 1 is 1.00 bits per heavy atom. The molecule has 0 amide bonds. The number of ether oxygens (including phenoxy) is 1. The summed E-state index contributed by atoms with van der Waals surface area (Å²) in [5.74, 6) is -0.295. The number of nitrogens with zero attached hydrogens (tertiary/aromatic N) is 4. The number of alkyl halides is 3. The van der Waals surface area contributed by atoms with Crippen LogP contribution in [0.15, 0.2) is 77.8 Å². The van der Waals surface area contributed by atoms with Crippen molar-refractivity contribution in [2.45, 2.75) is 26.6 Å². The van der Waals surface area contributed by atoms with Gasteiger partial charge in [-0.1, -0.05) is 53.8 Å². The van der Waals surface area contributed by atoms with Gasteiger partial charge in [-0.3, -0.25) is 4.99 Å². The standard InChI is InChI=1S/C29H23F3N4OS/c1-18-4-3-5-19(2)26(18)15-24(38)17-33-16-20-6-12-25-21(14-20)7-13-27-28(25)34-35-36(27)22-8-10-23(11-9-22)37-29(30,31)32/h3-14,16H,15,17H2,1-2H3. The van der Waals surface area contributed by atoms with Crippen molar-refractivity contribution in [2.75, 3.05) is 6.54 Å². The molecule has 0 bridgehead atoms. The first kappa shape index (κ1) is 25.5. The van der Waals surface area contributed by atoms with Gasteiger partial charge < -0.3 is 4.74 Å². The summed E-state index contributed by atoms with van der Waals surface area (Å²) in [7, 11) is 0. The third-order valence-corrected chi connectivity index (χ3v) is 6.57. The Labute approximate surface area is 222 Å². The summed E-state index contributed by atoms with van der Waals surface area (Å²) in [4.78, 5) is 5.45. The van der Waals surface area contributed by atoms with Gasteiger partial charge in [0.25, 0.3) is 0 Å². The van der Waals surface area contributed by atoms with Crippen LogP contribution in [-0.2, 0) is 6.42 Å². The summed E-state index contributed by atoms with van der Waals surface area (Å²) >= 11 is 5.59. The molecule has 0 atom stereocenters. The van der Waals surface area contributed by atoms with Gasteiger partial charge in [0.1, 0.15) is 11.3 Å². The van der Waals surface area contributed by atoms with E-state index in [1.54, 1.807) is 4.68 Å². The molecule has 192 valence electrons. The van der Waals surface area contributed by atoms with Crippen molar-refractivity contribution in [2.24, 2.45) is 4.99 Å². The van der Waals surface area contributed by atoms with Crippen LogP contribution in [-0.4, -0.2) is 39.0 Å². The molecule has 5 aromatic rings. The number of thiocarbonyl (C=S) groups is 1. The van der Waals surface area contributed by atoms with E-state index in [4.69, 9.17) is 12.2 Å². The summed E-state index contributed by atoms with van der Waals surface area (Å²) in [6.07, 6.45) is -2.19. The molecule has 0 spiro atoms. The SMILES string of the molecule is Cc1cccc(C)c1CC(=S)CN=Cc1ccc2c(ccc3c2nnn3-c2ccc(OC(F)(F)F)cc2)c1. The highest BCUT2D eigenvalue weighted by Gasteiger charge is 2.31. The molecule has 5 rings (SSSR count). The molecule has 1 aromatic heterocycles. The van der Waals surface area contributed by atoms with Crippen molar-refractivity contribution < 1.29 is 17.9 Å². The van der Waals surface area contributed by atoms with Gasteiger partial charge in [-0.2, -0.15) is 0 Å². The van der Waals surface area contributed by atoms with Gasteiger partial charge in [0.15, 0.2) is 0 Å². The molecule has 5 nitrogen and oxygen atoms in total. The molecule has 0 saturated heterocycles. The second-order valence-electron chi connectivity index (χ2n) is 9.01. The molecule has 38 heavy (non-hydrogen) atoms. The van der Waals surface area contributed by atoms with Gasteiger partial charge in [-0.25, -0.2) is 4.68 Å². The molecule has 0 unspecified atom stereocenters. The molecule has 0 aliphatic carbocycles. The van der Waals surface area contributed by atoms with E-state index in [0.29, 0.717) is 17.7 Å². The monoisotopic (exact) mass is 532 g/mol. The zero-order valence-electron chi connectivity index (χ0n) is 20.7. The Bertz CT molecular complexity index is 1650. The first-order valence-electron chi connectivity index (χ1n) is 11.9. The fourth-order valence-corrected chi connectivity index (χ4v) is 4.65. The maximum Gasteiger partial charge on any atom is 0.573 e. The number of hydrogen-bond donors (Lipinski definition) is 0. The predicted molar refractivity (Wildman–Crippen MR) is 148 cm³/mol. The summed E-state index contributed by atoms with van der Waals surface area (Å²) in [5, 5.41) is 10.4. The minimum absolute atomic E-state index is 0.295. The van der Waals surface area contributed by atoms with Crippen LogP contribution in [0.2, 0.25) is 0 Å². The first-order chi connectivity index (χ1) is 18.2. The van der Waals surface area contributed by atoms with E-state index in [-0.39, 0.29) is 5.75 Å². The lowest BCUT2D eigenvalue weighted by Crippen LogP contribution is -2.17.